The summed E-state index contributed by atoms with van der Waals surface area (Å²) >= 11 is 0. The molecule has 8 nitrogen and oxygen atoms in total. The van der Waals surface area contributed by atoms with E-state index >= 15 is 0 Å². The number of aliphatic hydroxyl groups is 4. The van der Waals surface area contributed by atoms with E-state index in [1.165, 1.54) is 0 Å². The summed E-state index contributed by atoms with van der Waals surface area (Å²) in [6.07, 6.45) is 0.177. The van der Waals surface area contributed by atoms with Gasteiger partial charge in [-0.2, -0.15) is 0 Å². The van der Waals surface area contributed by atoms with E-state index in [4.69, 9.17) is 14.2 Å². The number of piperidine rings is 1. The molecular formula is C24H39NO7. The van der Waals surface area contributed by atoms with Crippen molar-refractivity contribution >= 4 is 0 Å². The van der Waals surface area contributed by atoms with Crippen LogP contribution in [0.15, 0.2) is 0 Å². The fourth-order valence-corrected chi connectivity index (χ4v) is 10.7. The van der Waals surface area contributed by atoms with E-state index in [0.29, 0.717) is 19.6 Å². The lowest BCUT2D eigenvalue weighted by Gasteiger charge is -2.70. The molecule has 6 aliphatic rings. The zero-order valence-electron chi connectivity index (χ0n) is 19.6. The molecule has 1 heterocycles. The van der Waals surface area contributed by atoms with Crippen LogP contribution in [0.4, 0.5) is 0 Å². The largest absolute Gasteiger partial charge is 0.392 e. The molecule has 0 aromatic carbocycles. The van der Waals surface area contributed by atoms with E-state index < -0.39 is 40.8 Å². The summed E-state index contributed by atoms with van der Waals surface area (Å²) in [7, 11) is 5.04. The first-order valence-corrected chi connectivity index (χ1v) is 12.3. The third kappa shape index (κ3) is 1.99. The number of likely N-dealkylation sites (tertiary alicyclic amines) is 1. The molecule has 5 saturated carbocycles. The van der Waals surface area contributed by atoms with Gasteiger partial charge in [0.15, 0.2) is 0 Å². The van der Waals surface area contributed by atoms with Crippen LogP contribution >= 0.6 is 0 Å². The van der Waals surface area contributed by atoms with Gasteiger partial charge in [-0.15, -0.1) is 0 Å². The smallest absolute Gasteiger partial charge is 0.136 e. The molecule has 0 amide bonds. The highest BCUT2D eigenvalue weighted by Crippen LogP contribution is 2.80. The summed E-state index contributed by atoms with van der Waals surface area (Å²) in [5.41, 5.74) is -4.31. The number of ether oxygens (including phenoxy) is 3. The van der Waals surface area contributed by atoms with Gasteiger partial charge in [0, 0.05) is 62.9 Å². The second-order valence-corrected chi connectivity index (χ2v) is 11.7. The van der Waals surface area contributed by atoms with Crippen LogP contribution in [0.25, 0.3) is 0 Å². The van der Waals surface area contributed by atoms with Crippen molar-refractivity contribution in [3.8, 4) is 0 Å². The second kappa shape index (κ2) is 6.66. The predicted molar refractivity (Wildman–Crippen MR) is 114 cm³/mol. The van der Waals surface area contributed by atoms with E-state index in [1.54, 1.807) is 21.3 Å². The monoisotopic (exact) mass is 453 g/mol. The molecule has 0 radical (unpaired) electrons. The molecule has 8 heteroatoms. The first-order chi connectivity index (χ1) is 15.2. The Labute approximate surface area is 189 Å². The molecule has 1 aliphatic heterocycles. The maximum absolute atomic E-state index is 12.6. The van der Waals surface area contributed by atoms with Crippen LogP contribution in [0.2, 0.25) is 0 Å². The number of fused-ring (bicyclic) bond motifs is 2. The van der Waals surface area contributed by atoms with Gasteiger partial charge in [0.05, 0.1) is 37.1 Å². The van der Waals surface area contributed by atoms with Crippen molar-refractivity contribution in [2.24, 2.45) is 34.5 Å². The van der Waals surface area contributed by atoms with Crippen LogP contribution in [0.5, 0.6) is 0 Å². The number of methoxy groups -OCH3 is 3. The number of aliphatic hydroxyl groups excluding tert-OH is 2. The van der Waals surface area contributed by atoms with Gasteiger partial charge in [0.1, 0.15) is 11.2 Å². The zero-order chi connectivity index (χ0) is 22.8. The standard InChI is InChI=1S/C24H39NO7/c1-5-25-10-21(11-30-2)7-6-15(32-4)23-13-8-12-14(31-3)9-22(28,16(13)17(12)26)24(29,20(23)25)19(27)18(21)23/h12-20,26-29H,5-11H2,1-4H3/t12-,13-,14+,15+,16-,17+,18-,19+,20+,21+,22-,23+,24-/m1/s1. The fraction of sp³-hybridized carbons (Fsp3) is 1.00. The van der Waals surface area contributed by atoms with Crippen molar-refractivity contribution in [2.75, 3.05) is 41.0 Å². The highest BCUT2D eigenvalue weighted by molar-refractivity contribution is 5.41. The lowest BCUT2D eigenvalue weighted by molar-refractivity contribution is -0.318. The molecule has 6 rings (SSSR count). The lowest BCUT2D eigenvalue weighted by atomic mass is 9.42. The number of nitrogens with zero attached hydrogens (tertiary/aromatic N) is 1. The van der Waals surface area contributed by atoms with Crippen molar-refractivity contribution in [1.29, 1.82) is 0 Å². The van der Waals surface area contributed by atoms with Gasteiger partial charge in [-0.1, -0.05) is 6.92 Å². The van der Waals surface area contributed by atoms with Crippen molar-refractivity contribution in [3.63, 3.8) is 0 Å². The number of hydrogen-bond donors (Lipinski definition) is 4. The van der Waals surface area contributed by atoms with Crippen LogP contribution in [0.3, 0.4) is 0 Å². The van der Waals surface area contributed by atoms with Crippen molar-refractivity contribution in [2.45, 2.75) is 74.3 Å². The Hall–Kier alpha value is -0.320. The van der Waals surface area contributed by atoms with Crippen molar-refractivity contribution in [1.82, 2.24) is 4.90 Å². The van der Waals surface area contributed by atoms with Gasteiger partial charge in [0.25, 0.3) is 0 Å². The third-order valence-electron chi connectivity index (χ3n) is 11.3. The normalized spacial score (nSPS) is 62.4. The molecule has 4 N–H and O–H groups in total. The minimum atomic E-state index is -1.78. The molecule has 1 spiro atoms. The Bertz CT molecular complexity index is 798. The SMILES string of the molecule is CCN1C[C@]2(COC)CC[C@H](OC)[C@@]34[C@@H]5C[C@H]6[C@H](O)[C@@H]5[C@](O)(C[C@@H]6OC)[C@@](O)([C@@H](O)[C@H]23)[C@@H]14. The van der Waals surface area contributed by atoms with Gasteiger partial charge >= 0.3 is 0 Å². The van der Waals surface area contributed by atoms with E-state index in [1.807, 2.05) is 0 Å². The van der Waals surface area contributed by atoms with Crippen LogP contribution in [-0.4, -0.2) is 108 Å². The topological polar surface area (TPSA) is 112 Å². The van der Waals surface area contributed by atoms with E-state index in [-0.39, 0.29) is 41.8 Å². The quantitative estimate of drug-likeness (QED) is 0.446. The average Bonchev–Trinajstić information content (AvgIpc) is 3.12. The minimum absolute atomic E-state index is 0.0732. The maximum Gasteiger partial charge on any atom is 0.136 e. The average molecular weight is 454 g/mol. The molecule has 0 aromatic heterocycles. The van der Waals surface area contributed by atoms with Crippen molar-refractivity contribution < 1.29 is 34.6 Å². The maximum atomic E-state index is 12.6. The van der Waals surface area contributed by atoms with Crippen molar-refractivity contribution in [3.05, 3.63) is 0 Å². The van der Waals surface area contributed by atoms with Crippen LogP contribution < -0.4 is 0 Å². The number of rotatable bonds is 5. The van der Waals surface area contributed by atoms with Gasteiger partial charge in [-0.05, 0) is 31.7 Å². The fourth-order valence-electron chi connectivity index (χ4n) is 10.7. The molecule has 32 heavy (non-hydrogen) atoms. The highest BCUT2D eigenvalue weighted by atomic mass is 16.5. The zero-order valence-corrected chi connectivity index (χ0v) is 19.6. The lowest BCUT2D eigenvalue weighted by Crippen LogP contribution is -2.82. The molecule has 13 atom stereocenters. The molecule has 0 unspecified atom stereocenters. The minimum Gasteiger partial charge on any atom is -0.392 e. The third-order valence-corrected chi connectivity index (χ3v) is 11.3. The highest BCUT2D eigenvalue weighted by Gasteiger charge is 2.91. The Kier molecular flexibility index (Phi) is 4.62. The van der Waals surface area contributed by atoms with Gasteiger partial charge in [-0.25, -0.2) is 0 Å². The summed E-state index contributed by atoms with van der Waals surface area (Å²) in [4.78, 5) is 2.28. The summed E-state index contributed by atoms with van der Waals surface area (Å²) < 4.78 is 17.7. The Morgan fingerprint density at radius 1 is 1.09 bits per heavy atom. The summed E-state index contributed by atoms with van der Waals surface area (Å²) in [5, 5.41) is 48.5. The summed E-state index contributed by atoms with van der Waals surface area (Å²) in [6.45, 7) is 3.99. The predicted octanol–water partition coefficient (Wildman–Crippen LogP) is -0.383. The molecule has 182 valence electrons. The second-order valence-electron chi connectivity index (χ2n) is 11.7. The Balaban J connectivity index is 1.66. The van der Waals surface area contributed by atoms with Crippen LogP contribution in [0.1, 0.15) is 32.6 Å². The summed E-state index contributed by atoms with van der Waals surface area (Å²) in [6, 6.07) is -0.442. The van der Waals surface area contributed by atoms with E-state index in [2.05, 4.69) is 11.8 Å². The Morgan fingerprint density at radius 3 is 2.47 bits per heavy atom. The molecule has 0 aromatic rings. The van der Waals surface area contributed by atoms with E-state index in [0.717, 1.165) is 19.4 Å². The number of hydrogen-bond acceptors (Lipinski definition) is 8. The van der Waals surface area contributed by atoms with Gasteiger partial charge < -0.3 is 34.6 Å². The van der Waals surface area contributed by atoms with E-state index in [9.17, 15) is 20.4 Å². The summed E-state index contributed by atoms with van der Waals surface area (Å²) in [5.74, 6) is -0.932. The van der Waals surface area contributed by atoms with Crippen LogP contribution in [0, 0.1) is 34.5 Å². The van der Waals surface area contributed by atoms with Gasteiger partial charge in [0.2, 0.25) is 0 Å². The Morgan fingerprint density at radius 2 is 1.84 bits per heavy atom. The van der Waals surface area contributed by atoms with Gasteiger partial charge in [-0.3, -0.25) is 4.90 Å². The molecule has 6 fully saturated rings. The number of likely N-dealkylation sites (N-methyl/N-ethyl adjacent to an activating group) is 1. The molecular weight excluding hydrogens is 414 g/mol. The molecule has 5 aliphatic carbocycles. The molecule has 7 bridgehead atoms. The first-order valence-electron chi connectivity index (χ1n) is 12.3. The first kappa shape index (κ1) is 22.2. The molecule has 1 saturated heterocycles. The van der Waals surface area contributed by atoms with Crippen LogP contribution in [-0.2, 0) is 14.2 Å².